The van der Waals surface area contributed by atoms with Crippen LogP contribution in [-0.4, -0.2) is 27.3 Å². The molecule has 0 spiro atoms. The van der Waals surface area contributed by atoms with Crippen molar-refractivity contribution >= 4 is 23.2 Å². The minimum atomic E-state index is -3.01. The second kappa shape index (κ2) is 6.04. The molecule has 0 bridgehead atoms. The molecule has 2 aromatic heterocycles. The molecular formula is C14H11ClF2N4O2. The molecule has 0 saturated heterocycles. The van der Waals surface area contributed by atoms with Gasteiger partial charge in [0.25, 0.3) is 0 Å². The number of alkyl halides is 2. The van der Waals surface area contributed by atoms with Gasteiger partial charge in [-0.3, -0.25) is 4.79 Å². The van der Waals surface area contributed by atoms with Gasteiger partial charge in [0.15, 0.2) is 11.6 Å². The predicted octanol–water partition coefficient (Wildman–Crippen LogP) is 2.82. The van der Waals surface area contributed by atoms with Crippen LogP contribution < -0.4 is 10.5 Å². The van der Waals surface area contributed by atoms with Crippen molar-refractivity contribution in [2.45, 2.75) is 25.4 Å². The van der Waals surface area contributed by atoms with Gasteiger partial charge in [0.05, 0.1) is 5.69 Å². The molecule has 2 aromatic rings. The van der Waals surface area contributed by atoms with Crippen molar-refractivity contribution in [3.63, 3.8) is 0 Å². The first-order valence-corrected chi connectivity index (χ1v) is 7.07. The number of carbonyl (C=O) groups excluding carboxylic acids is 1. The summed E-state index contributed by atoms with van der Waals surface area (Å²) < 4.78 is 29.1. The first-order valence-electron chi connectivity index (χ1n) is 6.69. The summed E-state index contributed by atoms with van der Waals surface area (Å²) in [6.45, 7) is -3.01. The molecule has 23 heavy (non-hydrogen) atoms. The predicted molar refractivity (Wildman–Crippen MR) is 78.3 cm³/mol. The highest BCUT2D eigenvalue weighted by molar-refractivity contribution is 6.28. The summed E-state index contributed by atoms with van der Waals surface area (Å²) in [5.41, 5.74) is 6.94. The van der Waals surface area contributed by atoms with E-state index in [1.54, 1.807) is 6.07 Å². The minimum Gasteiger partial charge on any atom is -0.431 e. The van der Waals surface area contributed by atoms with E-state index in [2.05, 4.69) is 19.7 Å². The largest absolute Gasteiger partial charge is 0.431 e. The zero-order chi connectivity index (χ0) is 16.6. The van der Waals surface area contributed by atoms with Gasteiger partial charge in [-0.05, 0) is 23.7 Å². The van der Waals surface area contributed by atoms with Crippen LogP contribution in [0, 0.1) is 0 Å². The van der Waals surface area contributed by atoms with Crippen molar-refractivity contribution in [1.29, 1.82) is 0 Å². The monoisotopic (exact) mass is 340 g/mol. The number of anilines is 1. The number of nitrogens with two attached hydrogens (primary N) is 1. The van der Waals surface area contributed by atoms with Gasteiger partial charge in [-0.2, -0.15) is 8.78 Å². The molecule has 0 aliphatic heterocycles. The Morgan fingerprint density at radius 1 is 1.30 bits per heavy atom. The lowest BCUT2D eigenvalue weighted by atomic mass is 9.81. The quantitative estimate of drug-likeness (QED) is 0.860. The maximum absolute atomic E-state index is 12.4. The second-order valence-electron chi connectivity index (χ2n) is 5.08. The van der Waals surface area contributed by atoms with Crippen LogP contribution in [0.15, 0.2) is 18.3 Å². The second-order valence-corrected chi connectivity index (χ2v) is 5.41. The number of pyridine rings is 1. The molecule has 1 saturated carbocycles. The Morgan fingerprint density at radius 2 is 2.04 bits per heavy atom. The van der Waals surface area contributed by atoms with E-state index in [0.29, 0.717) is 29.8 Å². The van der Waals surface area contributed by atoms with Crippen molar-refractivity contribution in [1.82, 2.24) is 15.0 Å². The van der Waals surface area contributed by atoms with E-state index >= 15 is 0 Å². The highest BCUT2D eigenvalue weighted by Crippen LogP contribution is 2.35. The van der Waals surface area contributed by atoms with E-state index in [1.807, 2.05) is 0 Å². The molecule has 120 valence electrons. The third-order valence-electron chi connectivity index (χ3n) is 3.48. The lowest BCUT2D eigenvalue weighted by molar-refractivity contribution is -0.124. The van der Waals surface area contributed by atoms with Crippen molar-refractivity contribution in [2.75, 3.05) is 5.73 Å². The third-order valence-corrected chi connectivity index (χ3v) is 3.65. The van der Waals surface area contributed by atoms with Crippen LogP contribution in [0.3, 0.4) is 0 Å². The fourth-order valence-corrected chi connectivity index (χ4v) is 2.47. The Labute approximate surface area is 134 Å². The molecule has 2 N–H and O–H groups in total. The molecule has 9 heteroatoms. The molecule has 0 radical (unpaired) electrons. The van der Waals surface area contributed by atoms with Gasteiger partial charge >= 0.3 is 6.61 Å². The van der Waals surface area contributed by atoms with Gasteiger partial charge in [-0.1, -0.05) is 0 Å². The van der Waals surface area contributed by atoms with Crippen LogP contribution in [-0.2, 0) is 4.79 Å². The highest BCUT2D eigenvalue weighted by Gasteiger charge is 2.30. The number of aromatic nitrogens is 3. The van der Waals surface area contributed by atoms with Crippen molar-refractivity contribution in [3.8, 4) is 17.0 Å². The fraction of sp³-hybridized carbons (Fsp3) is 0.286. The summed E-state index contributed by atoms with van der Waals surface area (Å²) >= 11 is 5.91. The number of ketones is 1. The van der Waals surface area contributed by atoms with Crippen LogP contribution >= 0.6 is 11.6 Å². The Kier molecular flexibility index (Phi) is 4.08. The first-order chi connectivity index (χ1) is 10.9. The molecule has 0 amide bonds. The third kappa shape index (κ3) is 3.37. The average Bonchev–Trinajstić information content (AvgIpc) is 2.45. The van der Waals surface area contributed by atoms with Crippen molar-refractivity contribution in [2.24, 2.45) is 0 Å². The number of hydrogen-bond donors (Lipinski definition) is 1. The molecule has 1 fully saturated rings. The maximum atomic E-state index is 12.4. The number of Topliss-reactive ketones (excluding diaryl/α,β-unsaturated/α-hetero) is 1. The summed E-state index contributed by atoms with van der Waals surface area (Å²) in [4.78, 5) is 23.1. The number of carbonyl (C=O) groups is 1. The van der Waals surface area contributed by atoms with Gasteiger partial charge < -0.3 is 10.5 Å². The number of nitrogen functional groups attached to an aromatic ring is 1. The smallest absolute Gasteiger partial charge is 0.387 e. The van der Waals surface area contributed by atoms with E-state index in [4.69, 9.17) is 17.3 Å². The number of nitrogens with zero attached hydrogens (tertiary/aromatic N) is 3. The number of halogens is 3. The van der Waals surface area contributed by atoms with Crippen molar-refractivity contribution < 1.29 is 18.3 Å². The summed E-state index contributed by atoms with van der Waals surface area (Å²) in [5, 5.41) is 0.00463. The topological polar surface area (TPSA) is 91.0 Å². The normalized spacial score (nSPS) is 14.9. The van der Waals surface area contributed by atoms with E-state index in [9.17, 15) is 13.6 Å². The Hall–Kier alpha value is -2.35. The van der Waals surface area contributed by atoms with Crippen LogP contribution in [0.1, 0.15) is 24.5 Å². The van der Waals surface area contributed by atoms with Gasteiger partial charge in [0.1, 0.15) is 5.78 Å². The van der Waals surface area contributed by atoms with Gasteiger partial charge in [0, 0.05) is 36.2 Å². The molecule has 0 aromatic carbocycles. The van der Waals surface area contributed by atoms with Crippen LogP contribution in [0.5, 0.6) is 5.75 Å². The van der Waals surface area contributed by atoms with E-state index < -0.39 is 6.61 Å². The van der Waals surface area contributed by atoms with E-state index in [0.717, 1.165) is 0 Å². The lowest BCUT2D eigenvalue weighted by Gasteiger charge is -2.23. The van der Waals surface area contributed by atoms with Gasteiger partial charge in [-0.15, -0.1) is 0 Å². The van der Waals surface area contributed by atoms with Crippen LogP contribution in [0.2, 0.25) is 5.28 Å². The highest BCUT2D eigenvalue weighted by atomic mass is 35.5. The van der Waals surface area contributed by atoms with Gasteiger partial charge in [-0.25, -0.2) is 15.0 Å². The SMILES string of the molecule is Nc1ncc(-c2cc(C3CC(=O)C3)nc(Cl)n2)cc1OC(F)F. The molecule has 2 heterocycles. The fourth-order valence-electron chi connectivity index (χ4n) is 2.28. The van der Waals surface area contributed by atoms with Gasteiger partial charge in [0.2, 0.25) is 5.28 Å². The standard InChI is InChI=1S/C14H11ClF2N4O2/c15-13-20-9(6-1-8(22)2-6)4-10(21-13)7-3-11(23-14(16)17)12(18)19-5-7/h3-6,14H,1-2H2,(H2,18,19). The Balaban J connectivity index is 1.96. The van der Waals surface area contributed by atoms with Crippen molar-refractivity contribution in [3.05, 3.63) is 29.3 Å². The summed E-state index contributed by atoms with van der Waals surface area (Å²) in [5.74, 6) is -0.236. The van der Waals surface area contributed by atoms with Crippen LogP contribution in [0.25, 0.3) is 11.3 Å². The summed E-state index contributed by atoms with van der Waals surface area (Å²) in [7, 11) is 0. The maximum Gasteiger partial charge on any atom is 0.387 e. The summed E-state index contributed by atoms with van der Waals surface area (Å²) in [6.07, 6.45) is 2.20. The zero-order valence-corrected chi connectivity index (χ0v) is 12.4. The van der Waals surface area contributed by atoms with Crippen LogP contribution in [0.4, 0.5) is 14.6 Å². The Bertz CT molecular complexity index is 764. The zero-order valence-electron chi connectivity index (χ0n) is 11.7. The van der Waals surface area contributed by atoms with E-state index in [-0.39, 0.29) is 28.6 Å². The van der Waals surface area contributed by atoms with E-state index in [1.165, 1.54) is 12.3 Å². The lowest BCUT2D eigenvalue weighted by Crippen LogP contribution is -2.22. The molecule has 1 aliphatic carbocycles. The number of hydrogen-bond acceptors (Lipinski definition) is 6. The molecule has 0 atom stereocenters. The minimum absolute atomic E-state index is 0.000255. The molecule has 6 nitrogen and oxygen atoms in total. The summed E-state index contributed by atoms with van der Waals surface area (Å²) in [6, 6.07) is 2.96. The first kappa shape index (κ1) is 15.5. The Morgan fingerprint density at radius 3 is 2.70 bits per heavy atom. The molecule has 1 aliphatic rings. The molecular weight excluding hydrogens is 330 g/mol. The average molecular weight is 341 g/mol. The number of ether oxygens (including phenoxy) is 1. The molecule has 3 rings (SSSR count). The molecule has 0 unspecified atom stereocenters. The number of rotatable bonds is 4.